The molecule has 1 N–H and O–H groups in total. The van der Waals surface area contributed by atoms with Gasteiger partial charge in [-0.25, -0.2) is 13.4 Å². The number of anilines is 1. The number of hydrogen-bond acceptors (Lipinski definition) is 6. The fraction of sp³-hybridized carbons (Fsp3) is 0.0500. The maximum Gasteiger partial charge on any atom is 0.291 e. The van der Waals surface area contributed by atoms with Gasteiger partial charge in [0.25, 0.3) is 15.6 Å². The van der Waals surface area contributed by atoms with Gasteiger partial charge in [0.05, 0.1) is 32.5 Å². The van der Waals surface area contributed by atoms with Crippen LogP contribution in [0.5, 0.6) is 0 Å². The van der Waals surface area contributed by atoms with Gasteiger partial charge in [0.1, 0.15) is 5.02 Å². The predicted molar refractivity (Wildman–Crippen MR) is 123 cm³/mol. The van der Waals surface area contributed by atoms with Crippen LogP contribution in [0.25, 0.3) is 16.9 Å². The monoisotopic (exact) mass is 492 g/mol. The SMILES string of the molecule is Cc1nc(-c2ccc(NS(=O)(=O)c3ccc(-n4ncc(Cl)c(Cl)c4=O)cc3)cc2)cs1. The number of nitrogens with one attached hydrogen (secondary N) is 1. The molecule has 0 fully saturated rings. The lowest BCUT2D eigenvalue weighted by Crippen LogP contribution is -2.21. The molecule has 0 bridgehead atoms. The maximum atomic E-state index is 12.7. The van der Waals surface area contributed by atoms with Gasteiger partial charge >= 0.3 is 0 Å². The Labute approximate surface area is 192 Å². The summed E-state index contributed by atoms with van der Waals surface area (Å²) in [5, 5.41) is 6.71. The van der Waals surface area contributed by atoms with Crippen LogP contribution in [0.2, 0.25) is 10.0 Å². The Morgan fingerprint density at radius 1 is 1.03 bits per heavy atom. The van der Waals surface area contributed by atoms with Crippen molar-refractivity contribution in [2.45, 2.75) is 11.8 Å². The molecule has 0 aliphatic carbocycles. The number of benzene rings is 2. The Morgan fingerprint density at radius 2 is 1.71 bits per heavy atom. The Hall–Kier alpha value is -2.72. The van der Waals surface area contributed by atoms with Gasteiger partial charge in [-0.05, 0) is 43.3 Å². The normalized spacial score (nSPS) is 11.5. The molecule has 0 aliphatic rings. The third kappa shape index (κ3) is 4.49. The molecule has 0 saturated heterocycles. The lowest BCUT2D eigenvalue weighted by atomic mass is 10.1. The minimum absolute atomic E-state index is 0.0311. The quantitative estimate of drug-likeness (QED) is 0.432. The highest BCUT2D eigenvalue weighted by Crippen LogP contribution is 2.24. The molecule has 31 heavy (non-hydrogen) atoms. The fourth-order valence-corrected chi connectivity index (χ4v) is 4.72. The number of sulfonamides is 1. The first-order valence-corrected chi connectivity index (χ1v) is 12.0. The standard InChI is InChI=1S/C20H14Cl2N4O3S2/c1-12-24-18(11-30-12)13-2-4-14(5-3-13)25-31(28,29)16-8-6-15(7-9-16)26-20(27)19(22)17(21)10-23-26/h2-11,25H,1H3. The zero-order valence-electron chi connectivity index (χ0n) is 15.9. The predicted octanol–water partition coefficient (Wildman–Crippen LogP) is 4.77. The van der Waals surface area contributed by atoms with Crippen LogP contribution in [-0.2, 0) is 10.0 Å². The van der Waals surface area contributed by atoms with Crippen LogP contribution in [0, 0.1) is 6.92 Å². The number of aryl methyl sites for hydroxylation is 1. The van der Waals surface area contributed by atoms with Gasteiger partial charge in [-0.3, -0.25) is 9.52 Å². The first-order chi connectivity index (χ1) is 14.7. The molecule has 0 atom stereocenters. The molecule has 0 aliphatic heterocycles. The van der Waals surface area contributed by atoms with Crippen LogP contribution < -0.4 is 10.3 Å². The van der Waals surface area contributed by atoms with Gasteiger partial charge in [0, 0.05) is 16.6 Å². The van der Waals surface area contributed by atoms with E-state index >= 15 is 0 Å². The van der Waals surface area contributed by atoms with Crippen molar-refractivity contribution in [1.29, 1.82) is 0 Å². The van der Waals surface area contributed by atoms with Gasteiger partial charge in [-0.2, -0.15) is 9.78 Å². The third-order valence-corrected chi connectivity index (χ3v) is 7.24. The largest absolute Gasteiger partial charge is 0.291 e. The van der Waals surface area contributed by atoms with Crippen molar-refractivity contribution in [1.82, 2.24) is 14.8 Å². The summed E-state index contributed by atoms with van der Waals surface area (Å²) in [5.74, 6) is 0. The summed E-state index contributed by atoms with van der Waals surface area (Å²) in [6, 6.07) is 12.6. The molecule has 7 nitrogen and oxygen atoms in total. The van der Waals surface area contributed by atoms with E-state index in [0.29, 0.717) is 11.4 Å². The van der Waals surface area contributed by atoms with E-state index in [1.807, 2.05) is 12.3 Å². The smallest absolute Gasteiger partial charge is 0.280 e. The molecular weight excluding hydrogens is 479 g/mol. The lowest BCUT2D eigenvalue weighted by Gasteiger charge is -2.10. The van der Waals surface area contributed by atoms with E-state index in [9.17, 15) is 13.2 Å². The van der Waals surface area contributed by atoms with E-state index in [1.54, 1.807) is 35.6 Å². The molecule has 2 heterocycles. The van der Waals surface area contributed by atoms with Crippen LogP contribution in [0.3, 0.4) is 0 Å². The molecule has 0 spiro atoms. The Morgan fingerprint density at radius 3 is 2.32 bits per heavy atom. The molecule has 0 radical (unpaired) electrons. The summed E-state index contributed by atoms with van der Waals surface area (Å²) >= 11 is 13.2. The Bertz CT molecular complexity index is 1410. The maximum absolute atomic E-state index is 12.7. The molecule has 0 unspecified atom stereocenters. The van der Waals surface area contributed by atoms with Crippen LogP contribution in [-0.4, -0.2) is 23.2 Å². The minimum atomic E-state index is -3.83. The Kier molecular flexibility index (Phi) is 5.85. The summed E-state index contributed by atoms with van der Waals surface area (Å²) in [5.41, 5.74) is 1.92. The zero-order valence-corrected chi connectivity index (χ0v) is 19.1. The number of halogens is 2. The molecule has 2 aromatic carbocycles. The van der Waals surface area contributed by atoms with Crippen molar-refractivity contribution in [2.24, 2.45) is 0 Å². The molecule has 4 aromatic rings. The molecule has 4 rings (SSSR count). The summed E-state index contributed by atoms with van der Waals surface area (Å²) < 4.78 is 29.0. The number of hydrogen-bond donors (Lipinski definition) is 1. The topological polar surface area (TPSA) is 93.9 Å². The zero-order chi connectivity index (χ0) is 22.2. The summed E-state index contributed by atoms with van der Waals surface area (Å²) in [6.07, 6.45) is 1.24. The van der Waals surface area contributed by atoms with Crippen LogP contribution >= 0.6 is 34.5 Å². The van der Waals surface area contributed by atoms with Gasteiger partial charge in [-0.1, -0.05) is 35.3 Å². The molecule has 0 amide bonds. The molecule has 158 valence electrons. The third-order valence-electron chi connectivity index (χ3n) is 4.32. The van der Waals surface area contributed by atoms with Crippen molar-refractivity contribution in [2.75, 3.05) is 4.72 Å². The second-order valence-corrected chi connectivity index (χ2v) is 9.98. The second-order valence-electron chi connectivity index (χ2n) is 6.45. The van der Waals surface area contributed by atoms with Gasteiger partial charge in [0.2, 0.25) is 0 Å². The van der Waals surface area contributed by atoms with Crippen molar-refractivity contribution in [3.05, 3.63) is 85.5 Å². The van der Waals surface area contributed by atoms with E-state index < -0.39 is 15.6 Å². The second kappa shape index (κ2) is 8.43. The van der Waals surface area contributed by atoms with Crippen LogP contribution in [0.15, 0.2) is 69.8 Å². The van der Waals surface area contributed by atoms with Gasteiger partial charge < -0.3 is 0 Å². The molecule has 0 saturated carbocycles. The summed E-state index contributed by atoms with van der Waals surface area (Å²) in [7, 11) is -3.83. The molecule has 11 heteroatoms. The first kappa shape index (κ1) is 21.5. The average molecular weight is 493 g/mol. The number of thiazole rings is 1. The van der Waals surface area contributed by atoms with Crippen LogP contribution in [0.4, 0.5) is 5.69 Å². The van der Waals surface area contributed by atoms with Crippen LogP contribution in [0.1, 0.15) is 5.01 Å². The highest BCUT2D eigenvalue weighted by molar-refractivity contribution is 7.92. The van der Waals surface area contributed by atoms with E-state index in [4.69, 9.17) is 23.2 Å². The minimum Gasteiger partial charge on any atom is -0.280 e. The number of aromatic nitrogens is 3. The van der Waals surface area contributed by atoms with Crippen molar-refractivity contribution >= 4 is 50.2 Å². The van der Waals surface area contributed by atoms with E-state index in [-0.39, 0.29) is 14.9 Å². The van der Waals surface area contributed by atoms with Crippen molar-refractivity contribution in [3.63, 3.8) is 0 Å². The Balaban J connectivity index is 1.55. The summed E-state index contributed by atoms with van der Waals surface area (Å²) in [6.45, 7) is 1.93. The summed E-state index contributed by atoms with van der Waals surface area (Å²) in [4.78, 5) is 16.6. The number of rotatable bonds is 5. The van der Waals surface area contributed by atoms with Gasteiger partial charge in [-0.15, -0.1) is 11.3 Å². The van der Waals surface area contributed by atoms with Crippen molar-refractivity contribution in [3.8, 4) is 16.9 Å². The highest BCUT2D eigenvalue weighted by Gasteiger charge is 2.16. The van der Waals surface area contributed by atoms with Crippen molar-refractivity contribution < 1.29 is 8.42 Å². The molecular formula is C20H14Cl2N4O3S2. The number of nitrogens with zero attached hydrogens (tertiary/aromatic N) is 3. The average Bonchev–Trinajstić information content (AvgIpc) is 3.19. The lowest BCUT2D eigenvalue weighted by molar-refractivity contribution is 0.601. The van der Waals surface area contributed by atoms with Gasteiger partial charge in [0.15, 0.2) is 0 Å². The van der Waals surface area contributed by atoms with E-state index in [2.05, 4.69) is 14.8 Å². The fourth-order valence-electron chi connectivity index (χ4n) is 2.78. The molecule has 2 aromatic heterocycles. The first-order valence-electron chi connectivity index (χ1n) is 8.84. The highest BCUT2D eigenvalue weighted by atomic mass is 35.5. The van der Waals surface area contributed by atoms with E-state index in [0.717, 1.165) is 20.9 Å². The van der Waals surface area contributed by atoms with E-state index in [1.165, 1.54) is 30.5 Å².